The topological polar surface area (TPSA) is 98.5 Å². The molecule has 2 rings (SSSR count). The second-order valence-corrected chi connectivity index (χ2v) is 6.95. The van der Waals surface area contributed by atoms with Crippen LogP contribution in [0.3, 0.4) is 0 Å². The van der Waals surface area contributed by atoms with Gasteiger partial charge < -0.3 is 5.11 Å². The number of nitrogens with zero attached hydrogens (tertiary/aromatic N) is 2. The van der Waals surface area contributed by atoms with Gasteiger partial charge in [0.05, 0.1) is 5.56 Å². The summed E-state index contributed by atoms with van der Waals surface area (Å²) in [6.45, 7) is 1.08. The number of sulfonamides is 1. The van der Waals surface area contributed by atoms with Gasteiger partial charge in [-0.05, 0) is 31.4 Å². The van der Waals surface area contributed by atoms with Crippen LogP contribution in [0.5, 0.6) is 0 Å². The summed E-state index contributed by atoms with van der Waals surface area (Å²) in [7, 11) is -3.99. The zero-order valence-electron chi connectivity index (χ0n) is 11.6. The Morgan fingerprint density at radius 3 is 2.62 bits per heavy atom. The normalized spacial score (nSPS) is 15.5. The Morgan fingerprint density at radius 2 is 2.14 bits per heavy atom. The van der Waals surface area contributed by atoms with Gasteiger partial charge in [0.15, 0.2) is 0 Å². The molecule has 0 bridgehead atoms. The molecule has 0 aliphatic heterocycles. The molecule has 6 nitrogen and oxygen atoms in total. The van der Waals surface area contributed by atoms with Crippen molar-refractivity contribution in [1.29, 1.82) is 5.26 Å². The molecule has 1 aliphatic rings. The fourth-order valence-corrected chi connectivity index (χ4v) is 4.20. The molecule has 0 heterocycles. The zero-order chi connectivity index (χ0) is 15.6. The van der Waals surface area contributed by atoms with E-state index in [0.29, 0.717) is 18.4 Å². The Hall–Kier alpha value is -1.91. The molecule has 1 aromatic carbocycles. The summed E-state index contributed by atoms with van der Waals surface area (Å²) in [5.41, 5.74) is 0.634. The highest BCUT2D eigenvalue weighted by Crippen LogP contribution is 2.31. The lowest BCUT2D eigenvalue weighted by Gasteiger charge is -2.35. The second kappa shape index (κ2) is 5.84. The van der Waals surface area contributed by atoms with Gasteiger partial charge in [-0.15, -0.1) is 0 Å². The molecule has 0 atom stereocenters. The molecule has 0 aromatic heterocycles. The van der Waals surface area contributed by atoms with Crippen LogP contribution in [0, 0.1) is 18.3 Å². The van der Waals surface area contributed by atoms with Gasteiger partial charge in [-0.25, -0.2) is 8.42 Å². The SMILES string of the molecule is Cc1cccc(S(=O)(=O)N(CC(=O)O)C2CCC2)c1C#N. The summed E-state index contributed by atoms with van der Waals surface area (Å²) in [6.07, 6.45) is 2.19. The van der Waals surface area contributed by atoms with Crippen molar-refractivity contribution in [2.24, 2.45) is 0 Å². The molecule has 0 radical (unpaired) electrons. The number of nitriles is 1. The number of aliphatic carboxylic acids is 1. The van der Waals surface area contributed by atoms with Gasteiger partial charge in [-0.2, -0.15) is 9.57 Å². The van der Waals surface area contributed by atoms with Crippen LogP contribution in [-0.2, 0) is 14.8 Å². The van der Waals surface area contributed by atoms with E-state index in [1.165, 1.54) is 6.07 Å². The molecule has 1 N–H and O–H groups in total. The lowest BCUT2D eigenvalue weighted by molar-refractivity contribution is -0.137. The standard InChI is InChI=1S/C14H16N2O4S/c1-10-4-2-7-13(12(10)8-15)21(19,20)16(9-14(17)18)11-5-3-6-11/h2,4,7,11H,3,5-6,9H2,1H3,(H,17,18). The Kier molecular flexibility index (Phi) is 4.30. The molecule has 0 amide bonds. The van der Waals surface area contributed by atoms with Gasteiger partial charge in [0, 0.05) is 6.04 Å². The Bertz CT molecular complexity index is 702. The zero-order valence-corrected chi connectivity index (χ0v) is 12.4. The minimum Gasteiger partial charge on any atom is -0.480 e. The Labute approximate surface area is 123 Å². The minimum absolute atomic E-state index is 0.0761. The van der Waals surface area contributed by atoms with Crippen molar-refractivity contribution in [1.82, 2.24) is 4.31 Å². The third-order valence-electron chi connectivity index (χ3n) is 3.71. The first-order valence-corrected chi connectivity index (χ1v) is 8.05. The van der Waals surface area contributed by atoms with E-state index in [1.54, 1.807) is 19.1 Å². The van der Waals surface area contributed by atoms with Crippen LogP contribution in [0.15, 0.2) is 23.1 Å². The van der Waals surface area contributed by atoms with Gasteiger partial charge in [0.1, 0.15) is 17.5 Å². The van der Waals surface area contributed by atoms with Crippen LogP contribution >= 0.6 is 0 Å². The van der Waals surface area contributed by atoms with Gasteiger partial charge in [0.25, 0.3) is 0 Å². The molecule has 1 aromatic rings. The van der Waals surface area contributed by atoms with Gasteiger partial charge in [0.2, 0.25) is 10.0 Å². The molecule has 1 fully saturated rings. The molecule has 0 spiro atoms. The molecule has 1 saturated carbocycles. The van der Waals surface area contributed by atoms with Crippen LogP contribution in [0.1, 0.15) is 30.4 Å². The number of aryl methyl sites for hydroxylation is 1. The predicted octanol–water partition coefficient (Wildman–Crippen LogP) is 1.49. The van der Waals surface area contributed by atoms with E-state index < -0.39 is 22.5 Å². The summed E-state index contributed by atoms with van der Waals surface area (Å²) in [4.78, 5) is 10.9. The maximum absolute atomic E-state index is 12.7. The Balaban J connectivity index is 2.51. The fraction of sp³-hybridized carbons (Fsp3) is 0.429. The van der Waals surface area contributed by atoms with Gasteiger partial charge in [-0.1, -0.05) is 18.6 Å². The first-order valence-electron chi connectivity index (χ1n) is 6.61. The number of benzene rings is 1. The summed E-state index contributed by atoms with van der Waals surface area (Å²) < 4.78 is 26.5. The summed E-state index contributed by atoms with van der Waals surface area (Å²) in [6, 6.07) is 6.18. The quantitative estimate of drug-likeness (QED) is 0.888. The highest BCUT2D eigenvalue weighted by molar-refractivity contribution is 7.89. The number of hydrogen-bond acceptors (Lipinski definition) is 4. The van der Waals surface area contributed by atoms with Crippen molar-refractivity contribution in [3.8, 4) is 6.07 Å². The third kappa shape index (κ3) is 2.91. The maximum atomic E-state index is 12.7. The number of carboxylic acids is 1. The number of carbonyl (C=O) groups is 1. The summed E-state index contributed by atoms with van der Waals surface area (Å²) >= 11 is 0. The van der Waals surface area contributed by atoms with E-state index in [1.807, 2.05) is 6.07 Å². The lowest BCUT2D eigenvalue weighted by atomic mass is 9.93. The highest BCUT2D eigenvalue weighted by Gasteiger charge is 2.37. The average Bonchev–Trinajstić information content (AvgIpc) is 2.35. The summed E-state index contributed by atoms with van der Waals surface area (Å²) in [5.74, 6) is -1.20. The second-order valence-electron chi connectivity index (χ2n) is 5.09. The van der Waals surface area contributed by atoms with E-state index in [0.717, 1.165) is 10.7 Å². The van der Waals surface area contributed by atoms with Crippen LogP contribution in [-0.4, -0.2) is 36.4 Å². The molecular weight excluding hydrogens is 292 g/mol. The van der Waals surface area contributed by atoms with Crippen LogP contribution in [0.2, 0.25) is 0 Å². The molecular formula is C14H16N2O4S. The highest BCUT2D eigenvalue weighted by atomic mass is 32.2. The number of hydrogen-bond donors (Lipinski definition) is 1. The van der Waals surface area contributed by atoms with Crippen molar-refractivity contribution < 1.29 is 18.3 Å². The van der Waals surface area contributed by atoms with E-state index in [9.17, 15) is 18.5 Å². The molecule has 7 heteroatoms. The smallest absolute Gasteiger partial charge is 0.318 e. The Morgan fingerprint density at radius 1 is 1.48 bits per heavy atom. The van der Waals surface area contributed by atoms with Gasteiger partial charge in [-0.3, -0.25) is 4.79 Å². The van der Waals surface area contributed by atoms with Crippen LogP contribution in [0.25, 0.3) is 0 Å². The van der Waals surface area contributed by atoms with Crippen molar-refractivity contribution >= 4 is 16.0 Å². The predicted molar refractivity (Wildman–Crippen MR) is 75.1 cm³/mol. The summed E-state index contributed by atoms with van der Waals surface area (Å²) in [5, 5.41) is 18.2. The average molecular weight is 308 g/mol. The fourth-order valence-electron chi connectivity index (χ4n) is 2.34. The third-order valence-corrected chi connectivity index (χ3v) is 5.65. The van der Waals surface area contributed by atoms with E-state index in [-0.39, 0.29) is 16.5 Å². The van der Waals surface area contributed by atoms with Crippen molar-refractivity contribution in [3.63, 3.8) is 0 Å². The molecule has 112 valence electrons. The molecule has 0 saturated heterocycles. The minimum atomic E-state index is -3.99. The van der Waals surface area contributed by atoms with Crippen molar-refractivity contribution in [3.05, 3.63) is 29.3 Å². The van der Waals surface area contributed by atoms with Crippen molar-refractivity contribution in [2.45, 2.75) is 37.1 Å². The first kappa shape index (κ1) is 15.5. The monoisotopic (exact) mass is 308 g/mol. The van der Waals surface area contributed by atoms with E-state index in [2.05, 4.69) is 0 Å². The first-order chi connectivity index (χ1) is 9.87. The molecule has 0 unspecified atom stereocenters. The maximum Gasteiger partial charge on any atom is 0.318 e. The molecule has 21 heavy (non-hydrogen) atoms. The number of carboxylic acid groups (broad SMARTS) is 1. The van der Waals surface area contributed by atoms with Crippen LogP contribution < -0.4 is 0 Å². The van der Waals surface area contributed by atoms with Crippen molar-refractivity contribution in [2.75, 3.05) is 6.54 Å². The van der Waals surface area contributed by atoms with E-state index in [4.69, 9.17) is 5.11 Å². The number of rotatable bonds is 5. The van der Waals surface area contributed by atoms with Crippen LogP contribution in [0.4, 0.5) is 0 Å². The van der Waals surface area contributed by atoms with E-state index >= 15 is 0 Å². The lowest BCUT2D eigenvalue weighted by Crippen LogP contribution is -2.46. The largest absolute Gasteiger partial charge is 0.480 e. The van der Waals surface area contributed by atoms with Gasteiger partial charge >= 0.3 is 5.97 Å². The molecule has 1 aliphatic carbocycles.